The summed E-state index contributed by atoms with van der Waals surface area (Å²) in [6, 6.07) is 23.5. The Morgan fingerprint density at radius 2 is 1.82 bits per heavy atom. The highest BCUT2D eigenvalue weighted by Crippen LogP contribution is 2.23. The van der Waals surface area contributed by atoms with E-state index in [-0.39, 0.29) is 11.7 Å². The van der Waals surface area contributed by atoms with Crippen LogP contribution in [0, 0.1) is 6.92 Å². The van der Waals surface area contributed by atoms with Gasteiger partial charge in [-0.15, -0.1) is 10.2 Å². The second-order valence-corrected chi connectivity index (χ2v) is 8.75. The van der Waals surface area contributed by atoms with Crippen molar-refractivity contribution in [2.45, 2.75) is 25.2 Å². The average molecular weight is 479 g/mol. The number of halogens is 1. The molecule has 0 fully saturated rings. The Bertz CT molecular complexity index is 1210. The van der Waals surface area contributed by atoms with Gasteiger partial charge in [0.05, 0.1) is 11.4 Å². The van der Waals surface area contributed by atoms with Crippen molar-refractivity contribution >= 4 is 29.3 Å². The Labute approximate surface area is 202 Å². The average Bonchev–Trinajstić information content (AvgIpc) is 3.32. The molecular formula is C25H23ClN4O2S. The lowest BCUT2D eigenvalue weighted by Crippen LogP contribution is -2.24. The molecular weight excluding hydrogens is 456 g/mol. The number of ether oxygens (including phenoxy) is 1. The fraction of sp³-hybridized carbons (Fsp3) is 0.160. The van der Waals surface area contributed by atoms with Crippen LogP contribution in [0.15, 0.2) is 84.3 Å². The predicted octanol–water partition coefficient (Wildman–Crippen LogP) is 5.22. The van der Waals surface area contributed by atoms with E-state index in [0.29, 0.717) is 23.3 Å². The zero-order valence-corrected chi connectivity index (χ0v) is 19.6. The van der Waals surface area contributed by atoms with Crippen LogP contribution in [0.2, 0.25) is 5.02 Å². The van der Waals surface area contributed by atoms with Crippen LogP contribution in [-0.4, -0.2) is 26.4 Å². The minimum absolute atomic E-state index is 0.0759. The lowest BCUT2D eigenvalue weighted by atomic mass is 10.1. The molecule has 0 unspecified atom stereocenters. The fourth-order valence-corrected chi connectivity index (χ4v) is 3.98. The highest BCUT2D eigenvalue weighted by atomic mass is 35.5. The number of hydrogen-bond donors (Lipinski definition) is 1. The van der Waals surface area contributed by atoms with E-state index < -0.39 is 0 Å². The number of hydrogen-bond acceptors (Lipinski definition) is 5. The van der Waals surface area contributed by atoms with Gasteiger partial charge < -0.3 is 10.1 Å². The second kappa shape index (κ2) is 11.0. The molecule has 8 heteroatoms. The minimum Gasteiger partial charge on any atom is -0.489 e. The normalized spacial score (nSPS) is 10.7. The molecule has 1 aromatic heterocycles. The van der Waals surface area contributed by atoms with Gasteiger partial charge in [0, 0.05) is 11.6 Å². The third kappa shape index (κ3) is 6.37. The van der Waals surface area contributed by atoms with Gasteiger partial charge in [-0.3, -0.25) is 9.36 Å². The molecule has 1 N–H and O–H groups in total. The summed E-state index contributed by atoms with van der Waals surface area (Å²) in [4.78, 5) is 12.4. The van der Waals surface area contributed by atoms with Gasteiger partial charge in [-0.1, -0.05) is 71.9 Å². The largest absolute Gasteiger partial charge is 0.489 e. The van der Waals surface area contributed by atoms with Crippen LogP contribution in [0.4, 0.5) is 0 Å². The summed E-state index contributed by atoms with van der Waals surface area (Å²) >= 11 is 7.56. The molecule has 6 nitrogen and oxygen atoms in total. The Morgan fingerprint density at radius 1 is 1.06 bits per heavy atom. The fourth-order valence-electron chi connectivity index (χ4n) is 3.05. The number of aromatic nitrogens is 3. The minimum atomic E-state index is -0.0759. The third-order valence-corrected chi connectivity index (χ3v) is 6.29. The van der Waals surface area contributed by atoms with E-state index in [1.807, 2.05) is 84.3 Å². The number of thioether (sulfide) groups is 1. The maximum Gasteiger partial charge on any atom is 0.230 e. The summed E-state index contributed by atoms with van der Waals surface area (Å²) < 4.78 is 7.58. The lowest BCUT2D eigenvalue weighted by Gasteiger charge is -2.09. The predicted molar refractivity (Wildman–Crippen MR) is 131 cm³/mol. The molecule has 168 valence electrons. The number of nitrogens with zero attached hydrogens (tertiary/aromatic N) is 3. The zero-order chi connectivity index (χ0) is 23.0. The van der Waals surface area contributed by atoms with Crippen LogP contribution < -0.4 is 10.1 Å². The van der Waals surface area contributed by atoms with Crippen molar-refractivity contribution in [2.75, 3.05) is 5.75 Å². The van der Waals surface area contributed by atoms with Crippen molar-refractivity contribution in [2.24, 2.45) is 0 Å². The number of para-hydroxylation sites is 1. The van der Waals surface area contributed by atoms with Crippen molar-refractivity contribution in [3.05, 3.63) is 101 Å². The number of amides is 1. The summed E-state index contributed by atoms with van der Waals surface area (Å²) in [7, 11) is 0. The standard InChI is InChI=1S/C25H23ClN4O2S/c1-18-7-12-21(13-23(18)26)30-17-28-29-25(30)33-16-24(31)27-14-19-8-10-20(11-9-19)15-32-22-5-3-2-4-6-22/h2-13,17H,14-16H2,1H3,(H,27,31). The first kappa shape index (κ1) is 22.9. The highest BCUT2D eigenvalue weighted by Gasteiger charge is 2.11. The lowest BCUT2D eigenvalue weighted by molar-refractivity contribution is -0.118. The summed E-state index contributed by atoms with van der Waals surface area (Å²) in [5, 5.41) is 12.3. The summed E-state index contributed by atoms with van der Waals surface area (Å²) in [5.41, 5.74) is 3.95. The molecule has 0 aliphatic rings. The topological polar surface area (TPSA) is 69.0 Å². The van der Waals surface area contributed by atoms with Gasteiger partial charge in [0.2, 0.25) is 5.91 Å². The Kier molecular flexibility index (Phi) is 7.65. The Hall–Kier alpha value is -3.29. The third-order valence-electron chi connectivity index (χ3n) is 4.94. The van der Waals surface area contributed by atoms with E-state index in [2.05, 4.69) is 15.5 Å². The van der Waals surface area contributed by atoms with E-state index in [0.717, 1.165) is 28.1 Å². The van der Waals surface area contributed by atoms with E-state index >= 15 is 0 Å². The zero-order valence-electron chi connectivity index (χ0n) is 18.1. The van der Waals surface area contributed by atoms with Gasteiger partial charge >= 0.3 is 0 Å². The van der Waals surface area contributed by atoms with Gasteiger partial charge in [0.15, 0.2) is 5.16 Å². The van der Waals surface area contributed by atoms with Crippen LogP contribution in [0.1, 0.15) is 16.7 Å². The molecule has 0 atom stereocenters. The molecule has 1 amide bonds. The first-order valence-electron chi connectivity index (χ1n) is 10.4. The van der Waals surface area contributed by atoms with Gasteiger partial charge in [-0.25, -0.2) is 0 Å². The molecule has 0 aliphatic heterocycles. The molecule has 3 aromatic carbocycles. The van der Waals surface area contributed by atoms with Gasteiger partial charge in [0.1, 0.15) is 18.7 Å². The van der Waals surface area contributed by atoms with Crippen molar-refractivity contribution in [1.82, 2.24) is 20.1 Å². The molecule has 0 aliphatic carbocycles. The highest BCUT2D eigenvalue weighted by molar-refractivity contribution is 7.99. The number of aryl methyl sites for hydroxylation is 1. The molecule has 1 heterocycles. The quantitative estimate of drug-likeness (QED) is 0.334. The smallest absolute Gasteiger partial charge is 0.230 e. The molecule has 33 heavy (non-hydrogen) atoms. The molecule has 0 saturated heterocycles. The number of benzene rings is 3. The van der Waals surface area contributed by atoms with Crippen LogP contribution in [0.3, 0.4) is 0 Å². The van der Waals surface area contributed by atoms with Crippen LogP contribution in [0.25, 0.3) is 5.69 Å². The molecule has 4 aromatic rings. The maximum atomic E-state index is 12.4. The monoisotopic (exact) mass is 478 g/mol. The Balaban J connectivity index is 1.25. The van der Waals surface area contributed by atoms with Gasteiger partial charge in [0.25, 0.3) is 0 Å². The summed E-state index contributed by atoms with van der Waals surface area (Å²) in [5.74, 6) is 1.00. The van der Waals surface area contributed by atoms with Gasteiger partial charge in [-0.05, 0) is 47.9 Å². The maximum absolute atomic E-state index is 12.4. The van der Waals surface area contributed by atoms with Crippen molar-refractivity contribution in [1.29, 1.82) is 0 Å². The molecule has 0 bridgehead atoms. The van der Waals surface area contributed by atoms with E-state index in [4.69, 9.17) is 16.3 Å². The number of carbonyl (C=O) groups is 1. The van der Waals surface area contributed by atoms with Crippen LogP contribution >= 0.6 is 23.4 Å². The molecule has 0 spiro atoms. The van der Waals surface area contributed by atoms with Crippen LogP contribution in [0.5, 0.6) is 5.75 Å². The van der Waals surface area contributed by atoms with Crippen molar-refractivity contribution < 1.29 is 9.53 Å². The van der Waals surface area contributed by atoms with Gasteiger partial charge in [-0.2, -0.15) is 0 Å². The van der Waals surface area contributed by atoms with E-state index in [1.165, 1.54) is 11.8 Å². The first-order valence-corrected chi connectivity index (χ1v) is 11.8. The summed E-state index contributed by atoms with van der Waals surface area (Å²) in [6.07, 6.45) is 1.62. The molecule has 0 radical (unpaired) electrons. The molecule has 4 rings (SSSR count). The van der Waals surface area contributed by atoms with Crippen LogP contribution in [-0.2, 0) is 17.9 Å². The number of nitrogens with one attached hydrogen (secondary N) is 1. The Morgan fingerprint density at radius 3 is 2.58 bits per heavy atom. The SMILES string of the molecule is Cc1ccc(-n2cnnc2SCC(=O)NCc2ccc(COc3ccccc3)cc2)cc1Cl. The number of rotatable bonds is 9. The summed E-state index contributed by atoms with van der Waals surface area (Å²) in [6.45, 7) is 2.91. The first-order chi connectivity index (χ1) is 16.1. The van der Waals surface area contributed by atoms with Crippen molar-refractivity contribution in [3.8, 4) is 11.4 Å². The molecule has 0 saturated carbocycles. The van der Waals surface area contributed by atoms with E-state index in [1.54, 1.807) is 6.33 Å². The van der Waals surface area contributed by atoms with Crippen molar-refractivity contribution in [3.63, 3.8) is 0 Å². The number of carbonyl (C=O) groups excluding carboxylic acids is 1. The van der Waals surface area contributed by atoms with E-state index in [9.17, 15) is 4.79 Å². The second-order valence-electron chi connectivity index (χ2n) is 7.40.